The lowest BCUT2D eigenvalue weighted by molar-refractivity contribution is -0.103. The number of pyridine rings is 1. The van der Waals surface area contributed by atoms with Crippen molar-refractivity contribution >= 4 is 17.5 Å². The van der Waals surface area contributed by atoms with Crippen molar-refractivity contribution < 1.29 is 14.3 Å². The highest BCUT2D eigenvalue weighted by molar-refractivity contribution is 5.95. The molecule has 1 N–H and O–H groups in total. The lowest BCUT2D eigenvalue weighted by Gasteiger charge is -2.60. The van der Waals surface area contributed by atoms with Crippen molar-refractivity contribution in [1.29, 1.82) is 0 Å². The lowest BCUT2D eigenvalue weighted by atomic mass is 9.45. The number of rotatable bonds is 6. The summed E-state index contributed by atoms with van der Waals surface area (Å²) in [4.78, 5) is 32.6. The number of nitrogens with zero attached hydrogens (tertiary/aromatic N) is 3. The number of carbonyl (C=O) groups excluding carboxylic acids is 2. The number of ether oxygens (including phenoxy) is 1. The van der Waals surface area contributed by atoms with Gasteiger partial charge in [0.2, 0.25) is 0 Å². The van der Waals surface area contributed by atoms with Gasteiger partial charge in [0.15, 0.2) is 0 Å². The molecule has 32 heavy (non-hydrogen) atoms. The first-order chi connectivity index (χ1) is 15.4. The van der Waals surface area contributed by atoms with Crippen molar-refractivity contribution in [3.05, 3.63) is 35.8 Å². The highest BCUT2D eigenvalue weighted by Gasteiger charge is 2.53. The fourth-order valence-electron chi connectivity index (χ4n) is 6.44. The van der Waals surface area contributed by atoms with Crippen LogP contribution in [-0.4, -0.2) is 58.9 Å². The topological polar surface area (TPSA) is 75.9 Å². The number of imidazole rings is 1. The van der Waals surface area contributed by atoms with Gasteiger partial charge in [-0.05, 0) is 67.4 Å². The Morgan fingerprint density at radius 2 is 2.09 bits per heavy atom. The Bertz CT molecular complexity index is 1030. The van der Waals surface area contributed by atoms with Gasteiger partial charge in [0, 0.05) is 26.4 Å². The summed E-state index contributed by atoms with van der Waals surface area (Å²) in [6.45, 7) is 6.72. The van der Waals surface area contributed by atoms with Crippen LogP contribution >= 0.6 is 0 Å². The second kappa shape index (κ2) is 8.18. The first-order valence-electron chi connectivity index (χ1n) is 12.0. The summed E-state index contributed by atoms with van der Waals surface area (Å²) in [6, 6.07) is 5.55. The molecule has 2 aromatic heterocycles. The number of hydrogen-bond donors (Lipinski definition) is 1. The molecule has 4 fully saturated rings. The van der Waals surface area contributed by atoms with E-state index in [-0.39, 0.29) is 17.9 Å². The summed E-state index contributed by atoms with van der Waals surface area (Å²) in [5.41, 5.74) is 1.92. The SMILES string of the molecule is COC[C@H]1CCCN1C(=O)c1cn2c(C(=O)NC[C@@H]3CC[C@H]4C[C@@H]3C4(C)C)cccc2n1. The number of aromatic nitrogens is 2. The molecular weight excluding hydrogens is 404 g/mol. The Morgan fingerprint density at radius 1 is 1.25 bits per heavy atom. The first-order valence-corrected chi connectivity index (χ1v) is 12.0. The van der Waals surface area contributed by atoms with Gasteiger partial charge in [-0.1, -0.05) is 19.9 Å². The predicted molar refractivity (Wildman–Crippen MR) is 122 cm³/mol. The van der Waals surface area contributed by atoms with E-state index in [0.29, 0.717) is 54.0 Å². The predicted octanol–water partition coefficient (Wildman–Crippen LogP) is 3.39. The highest BCUT2D eigenvalue weighted by atomic mass is 16.5. The standard InChI is InChI=1S/C25H34N4O3/c1-25(2)17-10-9-16(19(25)12-17)13-26-23(30)21-7-4-8-22-27-20(14-29(21)22)24(31)28-11-5-6-18(28)15-32-3/h4,7-8,14,16-19H,5-6,9-13,15H2,1-3H3,(H,26,30)/t16-,17-,18+,19-/m0/s1. The molecule has 6 rings (SSSR count). The number of fused-ring (bicyclic) bond motifs is 3. The summed E-state index contributed by atoms with van der Waals surface area (Å²) in [5.74, 6) is 1.91. The van der Waals surface area contributed by atoms with Crippen LogP contribution in [0.25, 0.3) is 5.65 Å². The van der Waals surface area contributed by atoms with Crippen LogP contribution in [0, 0.1) is 23.2 Å². The van der Waals surface area contributed by atoms with Gasteiger partial charge in [-0.25, -0.2) is 4.98 Å². The Balaban J connectivity index is 1.31. The zero-order chi connectivity index (χ0) is 22.5. The number of carbonyl (C=O) groups is 2. The maximum Gasteiger partial charge on any atom is 0.274 e. The Kier molecular flexibility index (Phi) is 5.48. The summed E-state index contributed by atoms with van der Waals surface area (Å²) in [5, 5.41) is 3.17. The van der Waals surface area contributed by atoms with Crippen LogP contribution in [0.2, 0.25) is 0 Å². The molecular formula is C25H34N4O3. The van der Waals surface area contributed by atoms with E-state index in [2.05, 4.69) is 24.1 Å². The van der Waals surface area contributed by atoms with Crippen LogP contribution in [0.15, 0.2) is 24.4 Å². The molecule has 0 spiro atoms. The van der Waals surface area contributed by atoms with Gasteiger partial charge in [0.05, 0.1) is 12.6 Å². The maximum atomic E-state index is 13.1. The molecule has 2 aromatic rings. The van der Waals surface area contributed by atoms with E-state index in [0.717, 1.165) is 18.8 Å². The van der Waals surface area contributed by atoms with Gasteiger partial charge in [-0.3, -0.25) is 14.0 Å². The van der Waals surface area contributed by atoms with E-state index in [9.17, 15) is 9.59 Å². The molecule has 3 saturated carbocycles. The fourth-order valence-corrected chi connectivity index (χ4v) is 6.44. The Hall–Kier alpha value is -2.41. The second-order valence-electron chi connectivity index (χ2n) is 10.4. The number of methoxy groups -OCH3 is 1. The van der Waals surface area contributed by atoms with Crippen molar-refractivity contribution in [2.45, 2.75) is 52.0 Å². The van der Waals surface area contributed by atoms with Crippen LogP contribution in [0.3, 0.4) is 0 Å². The monoisotopic (exact) mass is 438 g/mol. The molecule has 4 atom stereocenters. The summed E-state index contributed by atoms with van der Waals surface area (Å²) >= 11 is 0. The second-order valence-corrected chi connectivity index (χ2v) is 10.4. The molecule has 2 amide bonds. The number of hydrogen-bond acceptors (Lipinski definition) is 4. The Morgan fingerprint density at radius 3 is 2.84 bits per heavy atom. The first kappa shape index (κ1) is 21.4. The number of nitrogens with one attached hydrogen (secondary N) is 1. The largest absolute Gasteiger partial charge is 0.383 e. The van der Waals surface area contributed by atoms with E-state index in [1.807, 2.05) is 17.0 Å². The van der Waals surface area contributed by atoms with E-state index >= 15 is 0 Å². The third kappa shape index (κ3) is 3.51. The van der Waals surface area contributed by atoms with Gasteiger partial charge >= 0.3 is 0 Å². The zero-order valence-electron chi connectivity index (χ0n) is 19.3. The van der Waals surface area contributed by atoms with E-state index in [4.69, 9.17) is 4.74 Å². The highest BCUT2D eigenvalue weighted by Crippen LogP contribution is 2.61. The molecule has 7 heteroatoms. The molecule has 0 unspecified atom stereocenters. The van der Waals surface area contributed by atoms with Crippen molar-refractivity contribution in [1.82, 2.24) is 19.6 Å². The molecule has 7 nitrogen and oxygen atoms in total. The minimum Gasteiger partial charge on any atom is -0.383 e. The fraction of sp³-hybridized carbons (Fsp3) is 0.640. The van der Waals surface area contributed by atoms with Gasteiger partial charge < -0.3 is 15.0 Å². The zero-order valence-corrected chi connectivity index (χ0v) is 19.3. The average Bonchev–Trinajstić information content (AvgIpc) is 3.44. The van der Waals surface area contributed by atoms with Gasteiger partial charge in [0.1, 0.15) is 17.0 Å². The van der Waals surface area contributed by atoms with Crippen LogP contribution in [-0.2, 0) is 4.74 Å². The molecule has 172 valence electrons. The van der Waals surface area contributed by atoms with Crippen molar-refractivity contribution in [3.8, 4) is 0 Å². The minimum absolute atomic E-state index is 0.0888. The van der Waals surface area contributed by atoms with E-state index in [1.54, 1.807) is 23.8 Å². The van der Waals surface area contributed by atoms with Crippen molar-refractivity contribution in [3.63, 3.8) is 0 Å². The third-order valence-electron chi connectivity index (χ3n) is 8.47. The normalized spacial score (nSPS) is 28.5. The molecule has 0 aromatic carbocycles. The van der Waals surface area contributed by atoms with Gasteiger partial charge in [-0.2, -0.15) is 0 Å². The molecule has 3 aliphatic carbocycles. The van der Waals surface area contributed by atoms with Crippen molar-refractivity contribution in [2.75, 3.05) is 26.8 Å². The molecule has 1 saturated heterocycles. The van der Waals surface area contributed by atoms with Crippen LogP contribution in [0.4, 0.5) is 0 Å². The molecule has 4 aliphatic rings. The van der Waals surface area contributed by atoms with Crippen LogP contribution < -0.4 is 5.32 Å². The van der Waals surface area contributed by atoms with Gasteiger partial charge in [-0.15, -0.1) is 0 Å². The van der Waals surface area contributed by atoms with Crippen LogP contribution in [0.5, 0.6) is 0 Å². The number of amides is 2. The average molecular weight is 439 g/mol. The summed E-state index contributed by atoms with van der Waals surface area (Å²) < 4.78 is 7.02. The quantitative estimate of drug-likeness (QED) is 0.750. The number of likely N-dealkylation sites (tertiary alicyclic amines) is 1. The maximum absolute atomic E-state index is 13.1. The third-order valence-corrected chi connectivity index (χ3v) is 8.47. The molecule has 1 aliphatic heterocycles. The summed E-state index contributed by atoms with van der Waals surface area (Å²) in [6.07, 6.45) is 7.39. The van der Waals surface area contributed by atoms with E-state index in [1.165, 1.54) is 19.3 Å². The van der Waals surface area contributed by atoms with E-state index < -0.39 is 0 Å². The van der Waals surface area contributed by atoms with Gasteiger partial charge in [0.25, 0.3) is 11.8 Å². The molecule has 2 bridgehead atoms. The van der Waals surface area contributed by atoms with Crippen molar-refractivity contribution in [2.24, 2.45) is 23.2 Å². The molecule has 3 heterocycles. The Labute approximate surface area is 189 Å². The lowest BCUT2D eigenvalue weighted by Crippen LogP contribution is -2.54. The smallest absolute Gasteiger partial charge is 0.274 e. The minimum atomic E-state index is -0.107. The van der Waals surface area contributed by atoms with Crippen LogP contribution in [0.1, 0.15) is 66.9 Å². The summed E-state index contributed by atoms with van der Waals surface area (Å²) in [7, 11) is 1.66. The molecule has 0 radical (unpaired) electrons.